The van der Waals surface area contributed by atoms with E-state index in [0.29, 0.717) is 19.6 Å². The maximum absolute atomic E-state index is 13.0. The molecular formula is C21H30N2O3. The number of ether oxygens (including phenoxy) is 2. The fraction of sp³-hybridized carbons (Fsp3) is 0.524. The van der Waals surface area contributed by atoms with Gasteiger partial charge in [-0.15, -0.1) is 0 Å². The van der Waals surface area contributed by atoms with E-state index in [0.717, 1.165) is 41.6 Å². The molecule has 1 unspecified atom stereocenters. The lowest BCUT2D eigenvalue weighted by molar-refractivity contribution is -0.139. The fourth-order valence-corrected chi connectivity index (χ4v) is 3.06. The summed E-state index contributed by atoms with van der Waals surface area (Å²) in [5, 5.41) is 3.91. The van der Waals surface area contributed by atoms with Crippen LogP contribution in [0.3, 0.4) is 0 Å². The second-order valence-electron chi connectivity index (χ2n) is 6.52. The monoisotopic (exact) mass is 358 g/mol. The zero-order valence-corrected chi connectivity index (χ0v) is 16.3. The van der Waals surface area contributed by atoms with Gasteiger partial charge in [-0.3, -0.25) is 9.78 Å². The number of carbonyl (C=O) groups is 1. The van der Waals surface area contributed by atoms with Crippen molar-refractivity contribution in [2.75, 3.05) is 18.5 Å². The first-order valence-corrected chi connectivity index (χ1v) is 9.51. The number of nitrogens with zero attached hydrogens (tertiary/aromatic N) is 1. The molecule has 1 amide bonds. The van der Waals surface area contributed by atoms with E-state index in [9.17, 15) is 4.79 Å². The van der Waals surface area contributed by atoms with Gasteiger partial charge in [0.05, 0.1) is 12.3 Å². The molecule has 0 radical (unpaired) electrons. The molecule has 0 aliphatic rings. The average molecular weight is 358 g/mol. The Labute approximate surface area is 156 Å². The minimum absolute atomic E-state index is 0.121. The smallest absolute Gasteiger partial charge is 0.256 e. The standard InChI is InChI=1S/C21H30N2O3/c1-5-8-9-14-21(4,26-7-3)20(24)23-17-12-13-18(25-6-2)19-16(17)11-10-15-22-19/h10-13,15H,5-9,14H2,1-4H3,(H,23,24). The van der Waals surface area contributed by atoms with E-state index in [-0.39, 0.29) is 5.91 Å². The Morgan fingerprint density at radius 2 is 1.96 bits per heavy atom. The molecule has 0 saturated heterocycles. The van der Waals surface area contributed by atoms with Crippen LogP contribution in [0.2, 0.25) is 0 Å². The van der Waals surface area contributed by atoms with Crippen molar-refractivity contribution < 1.29 is 14.3 Å². The van der Waals surface area contributed by atoms with E-state index in [1.165, 1.54) is 0 Å². The summed E-state index contributed by atoms with van der Waals surface area (Å²) in [6.45, 7) is 8.95. The highest BCUT2D eigenvalue weighted by molar-refractivity contribution is 6.05. The molecule has 0 aliphatic heterocycles. The van der Waals surface area contributed by atoms with Gasteiger partial charge in [0.2, 0.25) is 0 Å². The lowest BCUT2D eigenvalue weighted by atomic mass is 9.96. The number of benzene rings is 1. The highest BCUT2D eigenvalue weighted by atomic mass is 16.5. The van der Waals surface area contributed by atoms with E-state index in [2.05, 4.69) is 17.2 Å². The first kappa shape index (κ1) is 20.2. The van der Waals surface area contributed by atoms with Gasteiger partial charge >= 0.3 is 0 Å². The number of unbranched alkanes of at least 4 members (excludes halogenated alkanes) is 2. The predicted octanol–water partition coefficient (Wildman–Crippen LogP) is 4.95. The molecule has 142 valence electrons. The molecule has 0 spiro atoms. The van der Waals surface area contributed by atoms with Crippen molar-refractivity contribution in [1.29, 1.82) is 0 Å². The Bertz CT molecular complexity index is 732. The summed E-state index contributed by atoms with van der Waals surface area (Å²) in [7, 11) is 0. The minimum Gasteiger partial charge on any atom is -0.492 e. The fourth-order valence-electron chi connectivity index (χ4n) is 3.06. The van der Waals surface area contributed by atoms with Crippen LogP contribution in [0.1, 0.15) is 53.4 Å². The molecule has 0 aliphatic carbocycles. The van der Waals surface area contributed by atoms with Crippen LogP contribution in [0.4, 0.5) is 5.69 Å². The van der Waals surface area contributed by atoms with Crippen LogP contribution in [-0.4, -0.2) is 29.7 Å². The third-order valence-corrected chi connectivity index (χ3v) is 4.48. The van der Waals surface area contributed by atoms with Crippen LogP contribution in [0, 0.1) is 0 Å². The topological polar surface area (TPSA) is 60.5 Å². The zero-order chi connectivity index (χ0) is 19.0. The van der Waals surface area contributed by atoms with Gasteiger partial charge in [-0.1, -0.05) is 26.2 Å². The third-order valence-electron chi connectivity index (χ3n) is 4.48. The van der Waals surface area contributed by atoms with E-state index >= 15 is 0 Å². The van der Waals surface area contributed by atoms with Crippen molar-refractivity contribution in [3.8, 4) is 5.75 Å². The Morgan fingerprint density at radius 1 is 1.15 bits per heavy atom. The molecular weight excluding hydrogens is 328 g/mol. The van der Waals surface area contributed by atoms with E-state index in [1.807, 2.05) is 45.0 Å². The zero-order valence-electron chi connectivity index (χ0n) is 16.3. The van der Waals surface area contributed by atoms with Crippen LogP contribution in [-0.2, 0) is 9.53 Å². The summed E-state index contributed by atoms with van der Waals surface area (Å²) < 4.78 is 11.5. The predicted molar refractivity (Wildman–Crippen MR) is 106 cm³/mol. The van der Waals surface area contributed by atoms with Crippen LogP contribution in [0.5, 0.6) is 5.75 Å². The van der Waals surface area contributed by atoms with E-state index < -0.39 is 5.60 Å². The number of rotatable bonds is 10. The van der Waals surface area contributed by atoms with Gasteiger partial charge in [0.15, 0.2) is 0 Å². The van der Waals surface area contributed by atoms with Gasteiger partial charge in [-0.2, -0.15) is 0 Å². The van der Waals surface area contributed by atoms with Crippen LogP contribution >= 0.6 is 0 Å². The summed E-state index contributed by atoms with van der Waals surface area (Å²) in [6, 6.07) is 7.52. The van der Waals surface area contributed by atoms with Crippen molar-refractivity contribution in [2.24, 2.45) is 0 Å². The lowest BCUT2D eigenvalue weighted by Gasteiger charge is -2.28. The number of aromatic nitrogens is 1. The number of nitrogens with one attached hydrogen (secondary N) is 1. The Hall–Kier alpha value is -2.14. The molecule has 5 heteroatoms. The van der Waals surface area contributed by atoms with Crippen molar-refractivity contribution in [2.45, 2.75) is 59.0 Å². The molecule has 5 nitrogen and oxygen atoms in total. The normalized spacial score (nSPS) is 13.4. The maximum atomic E-state index is 13.0. The quantitative estimate of drug-likeness (QED) is 0.611. The molecule has 1 atom stereocenters. The van der Waals surface area contributed by atoms with Gasteiger partial charge in [0, 0.05) is 18.2 Å². The number of fused-ring (bicyclic) bond motifs is 1. The van der Waals surface area contributed by atoms with Gasteiger partial charge in [-0.05, 0) is 51.5 Å². The number of pyridine rings is 1. The molecule has 1 N–H and O–H groups in total. The minimum atomic E-state index is -0.836. The molecule has 2 aromatic rings. The molecule has 0 saturated carbocycles. The van der Waals surface area contributed by atoms with Crippen molar-refractivity contribution in [1.82, 2.24) is 4.98 Å². The van der Waals surface area contributed by atoms with Gasteiger partial charge < -0.3 is 14.8 Å². The van der Waals surface area contributed by atoms with E-state index in [4.69, 9.17) is 9.47 Å². The van der Waals surface area contributed by atoms with Crippen LogP contribution in [0.25, 0.3) is 10.9 Å². The Kier molecular flexibility index (Phi) is 7.39. The Morgan fingerprint density at radius 3 is 2.65 bits per heavy atom. The van der Waals surface area contributed by atoms with Gasteiger partial charge in [-0.25, -0.2) is 0 Å². The number of hydrogen-bond acceptors (Lipinski definition) is 4. The Balaban J connectivity index is 2.28. The SMILES string of the molecule is CCCCCC(C)(OCC)C(=O)Nc1ccc(OCC)c2ncccc12. The van der Waals surface area contributed by atoms with Crippen LogP contribution < -0.4 is 10.1 Å². The second kappa shape index (κ2) is 9.53. The highest BCUT2D eigenvalue weighted by Crippen LogP contribution is 2.31. The van der Waals surface area contributed by atoms with Crippen molar-refractivity contribution >= 4 is 22.5 Å². The third kappa shape index (κ3) is 4.73. The molecule has 0 bridgehead atoms. The first-order chi connectivity index (χ1) is 12.6. The maximum Gasteiger partial charge on any atom is 0.256 e. The molecule has 0 fully saturated rings. The second-order valence-corrected chi connectivity index (χ2v) is 6.52. The molecule has 2 rings (SSSR count). The number of carbonyl (C=O) groups excluding carboxylic acids is 1. The number of hydrogen-bond donors (Lipinski definition) is 1. The summed E-state index contributed by atoms with van der Waals surface area (Å²) in [5.41, 5.74) is 0.635. The largest absolute Gasteiger partial charge is 0.492 e. The first-order valence-electron chi connectivity index (χ1n) is 9.51. The number of anilines is 1. The molecule has 1 aromatic carbocycles. The van der Waals surface area contributed by atoms with Crippen molar-refractivity contribution in [3.63, 3.8) is 0 Å². The summed E-state index contributed by atoms with van der Waals surface area (Å²) >= 11 is 0. The molecule has 26 heavy (non-hydrogen) atoms. The highest BCUT2D eigenvalue weighted by Gasteiger charge is 2.33. The summed E-state index contributed by atoms with van der Waals surface area (Å²) in [4.78, 5) is 17.4. The molecule has 1 aromatic heterocycles. The lowest BCUT2D eigenvalue weighted by Crippen LogP contribution is -2.42. The van der Waals surface area contributed by atoms with Gasteiger partial charge in [0.25, 0.3) is 5.91 Å². The van der Waals surface area contributed by atoms with Crippen LogP contribution in [0.15, 0.2) is 30.5 Å². The van der Waals surface area contributed by atoms with Gasteiger partial charge in [0.1, 0.15) is 16.9 Å². The summed E-state index contributed by atoms with van der Waals surface area (Å²) in [5.74, 6) is 0.599. The molecule has 1 heterocycles. The van der Waals surface area contributed by atoms with E-state index in [1.54, 1.807) is 6.20 Å². The summed E-state index contributed by atoms with van der Waals surface area (Å²) in [6.07, 6.45) is 5.59. The average Bonchev–Trinajstić information content (AvgIpc) is 2.64. The number of amides is 1. The van der Waals surface area contributed by atoms with Crippen molar-refractivity contribution in [3.05, 3.63) is 30.5 Å².